The van der Waals surface area contributed by atoms with Gasteiger partial charge in [-0.15, -0.1) is 0 Å². The maximum atomic E-state index is 7.93. The first kappa shape index (κ1) is 2.56. The van der Waals surface area contributed by atoms with Crippen molar-refractivity contribution >= 4 is 15.9 Å². The third-order valence-electron chi connectivity index (χ3n) is 0.974. The van der Waals surface area contributed by atoms with E-state index in [1.807, 2.05) is 0 Å². The van der Waals surface area contributed by atoms with E-state index in [1.54, 1.807) is 0 Å². The van der Waals surface area contributed by atoms with Gasteiger partial charge in [-0.3, -0.25) is 4.98 Å². The molecule has 1 aromatic rings. The highest BCUT2D eigenvalue weighted by atomic mass is 79.9. The Labute approximate surface area is 88.6 Å². The normalized spacial score (nSPS) is 27.2. The molecule has 0 radical (unpaired) electrons. The summed E-state index contributed by atoms with van der Waals surface area (Å²) < 4.78 is 68.0. The molecule has 0 saturated carbocycles. The molecule has 0 unspecified atom stereocenters. The second-order valence-corrected chi connectivity index (χ2v) is 2.81. The summed E-state index contributed by atoms with van der Waals surface area (Å²) in [5, 5.41) is 0. The van der Waals surface area contributed by atoms with Gasteiger partial charge in [0.2, 0.25) is 0 Å². The number of hydrogen-bond donors (Lipinski definition) is 0. The zero-order valence-electron chi connectivity index (χ0n) is 14.6. The molecule has 0 amide bonds. The average Bonchev–Trinajstić information content (AvgIpc) is 2.24. The highest BCUT2D eigenvalue weighted by Crippen LogP contribution is 2.12. The largest absolute Gasteiger partial charge is 0.263 e. The summed E-state index contributed by atoms with van der Waals surface area (Å²) >= 11 is 3.05. The maximum Gasteiger partial charge on any atom is 0.0410 e. The van der Waals surface area contributed by atoms with Gasteiger partial charge in [-0.25, -0.2) is 0 Å². The molecule has 0 saturated heterocycles. The van der Waals surface area contributed by atoms with Crippen LogP contribution in [0.5, 0.6) is 0 Å². The first-order valence-electron chi connectivity index (χ1n) is 7.36. The third-order valence-corrected chi connectivity index (χ3v) is 1.41. The predicted molar refractivity (Wildman–Crippen MR) is 50.5 cm³/mol. The minimum Gasteiger partial charge on any atom is -0.263 e. The fourth-order valence-electron chi connectivity index (χ4n) is 0.625. The van der Waals surface area contributed by atoms with Crippen LogP contribution in [-0.2, 0) is 6.37 Å². The van der Waals surface area contributed by atoms with Gasteiger partial charge in [0.1, 0.15) is 0 Å². The van der Waals surface area contributed by atoms with E-state index >= 15 is 0 Å². The summed E-state index contributed by atoms with van der Waals surface area (Å²) in [6, 6.07) is 1.22. The molecule has 2 heteroatoms. The summed E-state index contributed by atoms with van der Waals surface area (Å²) in [6.07, 6.45) is -0.582. The van der Waals surface area contributed by atoms with E-state index in [-0.39, 0.29) is 5.56 Å². The molecule has 0 spiro atoms. The highest BCUT2D eigenvalue weighted by molar-refractivity contribution is 9.10. The quantitative estimate of drug-likeness (QED) is 0.750. The second-order valence-electron chi connectivity index (χ2n) is 1.89. The zero-order valence-corrected chi connectivity index (χ0v) is 7.14. The van der Waals surface area contributed by atoms with Gasteiger partial charge >= 0.3 is 0 Å². The van der Waals surface area contributed by atoms with E-state index in [0.717, 1.165) is 6.20 Å². The Kier molecular flexibility index (Phi) is 0.898. The van der Waals surface area contributed by atoms with Crippen molar-refractivity contribution in [3.63, 3.8) is 0 Å². The SMILES string of the molecule is [2H]C([2H])([2H])C([2H])(C([2H])([2H])[2H])C([2H])([2H])c1cncc(Br)c1. The monoisotopic (exact) mass is 222 g/mol. The van der Waals surface area contributed by atoms with E-state index < -0.39 is 26.0 Å². The summed E-state index contributed by atoms with van der Waals surface area (Å²) in [5.74, 6) is -3.31. The van der Waals surface area contributed by atoms with Gasteiger partial charge in [-0.1, -0.05) is 13.7 Å². The van der Waals surface area contributed by atoms with Crippen LogP contribution in [0.4, 0.5) is 0 Å². The third kappa shape index (κ3) is 3.02. The lowest BCUT2D eigenvalue weighted by atomic mass is 10.1. The Hall–Kier alpha value is -0.370. The molecule has 0 atom stereocenters. The van der Waals surface area contributed by atoms with Gasteiger partial charge in [0, 0.05) is 29.2 Å². The van der Waals surface area contributed by atoms with E-state index in [2.05, 4.69) is 20.9 Å². The van der Waals surface area contributed by atoms with Gasteiger partial charge in [0.15, 0.2) is 0 Å². The molecule has 0 aliphatic heterocycles. The molecule has 1 rings (SSSR count). The molecule has 0 aromatic carbocycles. The fraction of sp³-hybridized carbons (Fsp3) is 0.444. The standard InChI is InChI=1S/C9H12BrN/c1-7(2)3-8-4-9(10)6-11-5-8/h4-7H,3H2,1-2H3/i1D3,2D3,3D2,7D. The van der Waals surface area contributed by atoms with Crippen LogP contribution in [0.25, 0.3) is 0 Å². The van der Waals surface area contributed by atoms with Gasteiger partial charge in [0.05, 0.1) is 0 Å². The van der Waals surface area contributed by atoms with E-state index in [0.29, 0.717) is 4.47 Å². The molecule has 1 aromatic heterocycles. The van der Waals surface area contributed by atoms with Crippen molar-refractivity contribution in [2.75, 3.05) is 0 Å². The lowest BCUT2D eigenvalue weighted by Crippen LogP contribution is -1.94. The molecular weight excluding hydrogens is 202 g/mol. The second kappa shape index (κ2) is 3.86. The van der Waals surface area contributed by atoms with Crippen molar-refractivity contribution in [2.24, 2.45) is 5.89 Å². The first-order valence-corrected chi connectivity index (χ1v) is 3.65. The number of halogens is 1. The Balaban J connectivity index is 3.56. The van der Waals surface area contributed by atoms with Crippen LogP contribution in [0.15, 0.2) is 22.9 Å². The molecule has 11 heavy (non-hydrogen) atoms. The van der Waals surface area contributed by atoms with Gasteiger partial charge < -0.3 is 0 Å². The van der Waals surface area contributed by atoms with E-state index in [9.17, 15) is 0 Å². The number of aromatic nitrogens is 1. The van der Waals surface area contributed by atoms with Crippen molar-refractivity contribution in [1.29, 1.82) is 0 Å². The number of pyridine rings is 1. The Morgan fingerprint density at radius 2 is 2.64 bits per heavy atom. The van der Waals surface area contributed by atoms with Gasteiger partial charge in [0.25, 0.3) is 0 Å². The van der Waals surface area contributed by atoms with Crippen LogP contribution in [0, 0.1) is 5.89 Å². The molecule has 1 nitrogen and oxygen atoms in total. The number of hydrogen-bond acceptors (Lipinski definition) is 1. The fourth-order valence-corrected chi connectivity index (χ4v) is 0.989. The van der Waals surface area contributed by atoms with Crippen molar-refractivity contribution < 1.29 is 12.3 Å². The molecule has 0 N–H and O–H groups in total. The lowest BCUT2D eigenvalue weighted by molar-refractivity contribution is 0.645. The summed E-state index contributed by atoms with van der Waals surface area (Å²) in [4.78, 5) is 3.69. The molecule has 0 aliphatic rings. The minimum atomic E-state index is -3.34. The number of nitrogens with zero attached hydrogens (tertiary/aromatic N) is 1. The first-order chi connectivity index (χ1) is 8.75. The van der Waals surface area contributed by atoms with Crippen LogP contribution in [0.1, 0.15) is 31.6 Å². The maximum absolute atomic E-state index is 7.93. The molecule has 0 aliphatic carbocycles. The molecule has 1 heterocycles. The summed E-state index contributed by atoms with van der Waals surface area (Å²) in [5.41, 5.74) is -0.283. The molecular formula is C9H12BrN. The minimum absolute atomic E-state index is 0.283. The zero-order chi connectivity index (χ0) is 16.0. The average molecular weight is 223 g/mol. The van der Waals surface area contributed by atoms with Crippen molar-refractivity contribution in [3.05, 3.63) is 28.5 Å². The van der Waals surface area contributed by atoms with Crippen LogP contribution in [0.2, 0.25) is 0 Å². The lowest BCUT2D eigenvalue weighted by Gasteiger charge is -2.03. The van der Waals surface area contributed by atoms with E-state index in [4.69, 9.17) is 12.3 Å². The Bertz CT molecular complexity index is 479. The highest BCUT2D eigenvalue weighted by Gasteiger charge is 1.97. The van der Waals surface area contributed by atoms with Crippen molar-refractivity contribution in [1.82, 2.24) is 4.98 Å². The van der Waals surface area contributed by atoms with Crippen LogP contribution in [-0.4, -0.2) is 4.98 Å². The van der Waals surface area contributed by atoms with E-state index in [1.165, 1.54) is 12.3 Å². The van der Waals surface area contributed by atoms with Gasteiger partial charge in [-0.05, 0) is 39.8 Å². The smallest absolute Gasteiger partial charge is 0.0410 e. The summed E-state index contributed by atoms with van der Waals surface area (Å²) in [6.45, 7) is -6.69. The molecule has 0 fully saturated rings. The number of rotatable bonds is 2. The van der Waals surface area contributed by atoms with Crippen molar-refractivity contribution in [3.8, 4) is 0 Å². The predicted octanol–water partition coefficient (Wildman–Crippen LogP) is 3.04. The van der Waals surface area contributed by atoms with Gasteiger partial charge in [-0.2, -0.15) is 0 Å². The molecule has 60 valence electrons. The Morgan fingerprint density at radius 3 is 3.27 bits per heavy atom. The van der Waals surface area contributed by atoms with Crippen LogP contribution < -0.4 is 0 Å². The topological polar surface area (TPSA) is 12.9 Å². The van der Waals surface area contributed by atoms with Crippen LogP contribution in [0.3, 0.4) is 0 Å². The Morgan fingerprint density at radius 1 is 1.82 bits per heavy atom. The van der Waals surface area contributed by atoms with Crippen molar-refractivity contribution in [2.45, 2.75) is 20.1 Å². The van der Waals surface area contributed by atoms with Crippen LogP contribution >= 0.6 is 15.9 Å². The molecule has 0 bridgehead atoms. The summed E-state index contributed by atoms with van der Waals surface area (Å²) in [7, 11) is 0.